The fourth-order valence-electron chi connectivity index (χ4n) is 4.67. The molecule has 0 aliphatic heterocycles. The van der Waals surface area contributed by atoms with E-state index in [9.17, 15) is 0 Å². The summed E-state index contributed by atoms with van der Waals surface area (Å²) in [6.45, 7) is 19.7. The van der Waals surface area contributed by atoms with Crippen molar-refractivity contribution in [3.8, 4) is 5.75 Å². The molecular weight excluding hydrogens is 340 g/mol. The van der Waals surface area contributed by atoms with Crippen LogP contribution in [0.15, 0.2) is 42.5 Å². The molecule has 0 spiro atoms. The van der Waals surface area contributed by atoms with E-state index in [0.717, 1.165) is 5.75 Å². The third-order valence-electron chi connectivity index (χ3n) is 7.08. The van der Waals surface area contributed by atoms with Crippen LogP contribution in [0.2, 0.25) is 0 Å². The molecule has 1 aliphatic carbocycles. The molecule has 0 radical (unpaired) electrons. The van der Waals surface area contributed by atoms with E-state index in [4.69, 9.17) is 4.74 Å². The molecule has 152 valence electrons. The molecule has 0 saturated carbocycles. The third-order valence-corrected chi connectivity index (χ3v) is 7.08. The number of ether oxygens (including phenoxy) is 1. The molecule has 28 heavy (non-hydrogen) atoms. The zero-order chi connectivity index (χ0) is 20.7. The van der Waals surface area contributed by atoms with Crippen molar-refractivity contribution in [1.82, 2.24) is 0 Å². The van der Waals surface area contributed by atoms with Crippen molar-refractivity contribution in [3.63, 3.8) is 0 Å². The first kappa shape index (κ1) is 21.0. The van der Waals surface area contributed by atoms with Crippen LogP contribution in [-0.2, 0) is 19.4 Å². The third kappa shape index (κ3) is 4.14. The largest absolute Gasteiger partial charge is 0.489 e. The summed E-state index contributed by atoms with van der Waals surface area (Å²) in [6.07, 6.45) is 2.41. The van der Waals surface area contributed by atoms with Crippen LogP contribution in [0.4, 0.5) is 0 Å². The molecule has 1 unspecified atom stereocenters. The van der Waals surface area contributed by atoms with Crippen LogP contribution >= 0.6 is 0 Å². The van der Waals surface area contributed by atoms with E-state index in [2.05, 4.69) is 97.9 Å². The van der Waals surface area contributed by atoms with Gasteiger partial charge in [-0.25, -0.2) is 0 Å². The average Bonchev–Trinajstić information content (AvgIpc) is 2.53. The van der Waals surface area contributed by atoms with Crippen LogP contribution in [0.1, 0.15) is 83.6 Å². The number of hydrogen-bond donors (Lipinski definition) is 0. The lowest BCUT2D eigenvalue weighted by Crippen LogP contribution is -2.41. The van der Waals surface area contributed by atoms with Gasteiger partial charge in [-0.15, -0.1) is 0 Å². The van der Waals surface area contributed by atoms with Gasteiger partial charge in [0.1, 0.15) is 12.4 Å². The van der Waals surface area contributed by atoms with Crippen molar-refractivity contribution in [2.45, 2.75) is 80.8 Å². The molecule has 3 rings (SSSR count). The summed E-state index contributed by atoms with van der Waals surface area (Å²) >= 11 is 0. The van der Waals surface area contributed by atoms with Crippen molar-refractivity contribution < 1.29 is 4.74 Å². The van der Waals surface area contributed by atoms with E-state index in [0.29, 0.717) is 12.5 Å². The van der Waals surface area contributed by atoms with Gasteiger partial charge in [-0.05, 0) is 69.4 Å². The molecule has 0 heterocycles. The van der Waals surface area contributed by atoms with Crippen LogP contribution in [-0.4, -0.2) is 0 Å². The van der Waals surface area contributed by atoms with Gasteiger partial charge in [-0.2, -0.15) is 0 Å². The molecule has 0 amide bonds. The summed E-state index contributed by atoms with van der Waals surface area (Å²) in [4.78, 5) is 0. The zero-order valence-corrected chi connectivity index (χ0v) is 19.1. The standard InChI is InChI=1S/C27H38O/c1-25(2,3)24(27(7,8)26(4,5)6)21-11-9-19(10-12-21)18-28-23-16-15-20-13-14-22(20)17-23/h9-12,15-17,24H,13-14,18H2,1-8H3. The Hall–Kier alpha value is -1.76. The van der Waals surface area contributed by atoms with E-state index >= 15 is 0 Å². The Kier molecular flexibility index (Phi) is 5.42. The topological polar surface area (TPSA) is 9.23 Å². The highest BCUT2D eigenvalue weighted by Crippen LogP contribution is 2.55. The van der Waals surface area contributed by atoms with Gasteiger partial charge in [0.05, 0.1) is 0 Å². The Morgan fingerprint density at radius 1 is 0.786 bits per heavy atom. The number of rotatable bonds is 5. The lowest BCUT2D eigenvalue weighted by atomic mass is 9.54. The fourth-order valence-corrected chi connectivity index (χ4v) is 4.67. The maximum absolute atomic E-state index is 6.05. The number of hydrogen-bond acceptors (Lipinski definition) is 1. The van der Waals surface area contributed by atoms with Crippen LogP contribution in [0.25, 0.3) is 0 Å². The summed E-state index contributed by atoms with van der Waals surface area (Å²) in [7, 11) is 0. The minimum atomic E-state index is 0.176. The Morgan fingerprint density at radius 2 is 1.39 bits per heavy atom. The lowest BCUT2D eigenvalue weighted by molar-refractivity contribution is 0.0402. The van der Waals surface area contributed by atoms with Crippen LogP contribution in [0, 0.1) is 16.2 Å². The smallest absolute Gasteiger partial charge is 0.120 e. The molecule has 1 heteroatoms. The molecule has 2 aromatic carbocycles. The zero-order valence-electron chi connectivity index (χ0n) is 19.1. The minimum Gasteiger partial charge on any atom is -0.489 e. The first-order valence-corrected chi connectivity index (χ1v) is 10.7. The molecule has 0 aromatic heterocycles. The van der Waals surface area contributed by atoms with Crippen molar-refractivity contribution in [2.75, 3.05) is 0 Å². The summed E-state index contributed by atoms with van der Waals surface area (Å²) in [5.74, 6) is 1.46. The quantitative estimate of drug-likeness (QED) is 0.521. The number of benzene rings is 2. The van der Waals surface area contributed by atoms with Gasteiger partial charge in [0.2, 0.25) is 0 Å². The van der Waals surface area contributed by atoms with Crippen molar-refractivity contribution in [2.24, 2.45) is 16.2 Å². The second-order valence-electron chi connectivity index (χ2n) is 11.2. The van der Waals surface area contributed by atoms with E-state index in [1.54, 1.807) is 0 Å². The van der Waals surface area contributed by atoms with E-state index in [-0.39, 0.29) is 16.2 Å². The first-order valence-electron chi connectivity index (χ1n) is 10.7. The van der Waals surface area contributed by atoms with Gasteiger partial charge >= 0.3 is 0 Å². The molecule has 2 aromatic rings. The molecule has 0 fully saturated rings. The fraction of sp³-hybridized carbons (Fsp3) is 0.556. The van der Waals surface area contributed by atoms with Gasteiger partial charge in [0.15, 0.2) is 0 Å². The molecule has 1 atom stereocenters. The Morgan fingerprint density at radius 3 is 1.86 bits per heavy atom. The highest BCUT2D eigenvalue weighted by molar-refractivity contribution is 5.41. The Balaban J connectivity index is 1.76. The first-order chi connectivity index (χ1) is 12.9. The SMILES string of the molecule is CC(C)(C)C(c1ccc(COc2ccc3c(c2)CC3)cc1)C(C)(C)C(C)(C)C. The van der Waals surface area contributed by atoms with E-state index in [1.807, 2.05) is 0 Å². The number of fused-ring (bicyclic) bond motifs is 1. The molecule has 0 N–H and O–H groups in total. The summed E-state index contributed by atoms with van der Waals surface area (Å²) in [5.41, 5.74) is 6.18. The van der Waals surface area contributed by atoms with Crippen molar-refractivity contribution >= 4 is 0 Å². The van der Waals surface area contributed by atoms with Crippen molar-refractivity contribution in [1.29, 1.82) is 0 Å². The van der Waals surface area contributed by atoms with Gasteiger partial charge in [0, 0.05) is 0 Å². The summed E-state index contributed by atoms with van der Waals surface area (Å²) in [6, 6.07) is 15.6. The maximum atomic E-state index is 6.05. The van der Waals surface area contributed by atoms with Gasteiger partial charge in [-0.1, -0.05) is 85.7 Å². The van der Waals surface area contributed by atoms with Crippen LogP contribution in [0.3, 0.4) is 0 Å². The lowest BCUT2D eigenvalue weighted by Gasteiger charge is -2.51. The van der Waals surface area contributed by atoms with Crippen LogP contribution in [0.5, 0.6) is 5.75 Å². The predicted octanol–water partition coefficient (Wildman–Crippen LogP) is 7.57. The highest BCUT2D eigenvalue weighted by Gasteiger charge is 2.45. The minimum absolute atomic E-state index is 0.176. The molecular formula is C27H38O. The Bertz CT molecular complexity index is 813. The summed E-state index contributed by atoms with van der Waals surface area (Å²) in [5, 5.41) is 0. The second kappa shape index (κ2) is 7.25. The van der Waals surface area contributed by atoms with Crippen LogP contribution < -0.4 is 4.74 Å². The van der Waals surface area contributed by atoms with Crippen molar-refractivity contribution in [3.05, 3.63) is 64.7 Å². The second-order valence-corrected chi connectivity index (χ2v) is 11.2. The molecule has 0 bridgehead atoms. The number of aryl methyl sites for hydroxylation is 2. The average molecular weight is 379 g/mol. The van der Waals surface area contributed by atoms with Gasteiger partial charge in [-0.3, -0.25) is 0 Å². The predicted molar refractivity (Wildman–Crippen MR) is 120 cm³/mol. The Labute approximate surface area is 172 Å². The monoisotopic (exact) mass is 378 g/mol. The highest BCUT2D eigenvalue weighted by atomic mass is 16.5. The normalized spacial score (nSPS) is 15.6. The van der Waals surface area contributed by atoms with E-state index in [1.165, 1.54) is 35.1 Å². The maximum Gasteiger partial charge on any atom is 0.120 e. The molecule has 1 aliphatic rings. The summed E-state index contributed by atoms with van der Waals surface area (Å²) < 4.78 is 6.05. The van der Waals surface area contributed by atoms with Gasteiger partial charge < -0.3 is 4.74 Å². The molecule has 0 saturated heterocycles. The molecule has 1 nitrogen and oxygen atoms in total. The van der Waals surface area contributed by atoms with Gasteiger partial charge in [0.25, 0.3) is 0 Å². The van der Waals surface area contributed by atoms with E-state index < -0.39 is 0 Å².